The van der Waals surface area contributed by atoms with Crippen molar-refractivity contribution in [1.29, 1.82) is 0 Å². The van der Waals surface area contributed by atoms with Crippen LogP contribution in [0.15, 0.2) is 58.4 Å². The predicted octanol–water partition coefficient (Wildman–Crippen LogP) is 2.43. The number of aliphatic hydroxyl groups is 1. The second kappa shape index (κ2) is 8.70. The number of aliphatic hydroxyl groups excluding tert-OH is 1. The van der Waals surface area contributed by atoms with Crippen molar-refractivity contribution >= 4 is 38.9 Å². The van der Waals surface area contributed by atoms with E-state index in [1.807, 2.05) is 18.0 Å². The Hall–Kier alpha value is -2.66. The molecule has 0 bridgehead atoms. The van der Waals surface area contributed by atoms with E-state index < -0.39 is 16.1 Å². The Morgan fingerprint density at radius 3 is 2.72 bits per heavy atom. The minimum Gasteiger partial charge on any atom is -0.368 e. The standard InChI is InChI=1S/C21H25ClN6O3S/c1-27-9-8-17-13(12-27)10-16(20(29)28(17)2)25-21-23-11-14(22)19(26-21)24-15-6-4-5-7-18(15)32(3,30)31/h4-7,10-11,20,29H,8-9,12H2,1-3H3,(H2,23,24,25,26). The summed E-state index contributed by atoms with van der Waals surface area (Å²) in [7, 11) is 0.469. The molecule has 0 saturated heterocycles. The van der Waals surface area contributed by atoms with Crippen molar-refractivity contribution in [3.63, 3.8) is 0 Å². The van der Waals surface area contributed by atoms with Gasteiger partial charge in [0.1, 0.15) is 5.02 Å². The van der Waals surface area contributed by atoms with Crippen LogP contribution in [0.5, 0.6) is 0 Å². The lowest BCUT2D eigenvalue weighted by Crippen LogP contribution is -2.42. The average Bonchev–Trinajstić information content (AvgIpc) is 2.73. The van der Waals surface area contributed by atoms with E-state index >= 15 is 0 Å². The molecule has 0 fully saturated rings. The monoisotopic (exact) mass is 476 g/mol. The third-order valence-corrected chi connectivity index (χ3v) is 6.91. The second-order valence-corrected chi connectivity index (χ2v) is 10.3. The summed E-state index contributed by atoms with van der Waals surface area (Å²) in [6.07, 6.45) is 4.50. The van der Waals surface area contributed by atoms with Gasteiger partial charge in [-0.3, -0.25) is 0 Å². The summed E-state index contributed by atoms with van der Waals surface area (Å²) in [6, 6.07) is 6.52. The molecule has 3 heterocycles. The molecule has 11 heteroatoms. The third kappa shape index (κ3) is 4.58. The van der Waals surface area contributed by atoms with Crippen molar-refractivity contribution in [2.45, 2.75) is 17.5 Å². The van der Waals surface area contributed by atoms with Crippen LogP contribution in [0.1, 0.15) is 6.42 Å². The highest BCUT2D eigenvalue weighted by Crippen LogP contribution is 2.31. The number of sulfone groups is 1. The molecule has 1 aromatic carbocycles. The van der Waals surface area contributed by atoms with Gasteiger partial charge in [0, 0.05) is 38.5 Å². The van der Waals surface area contributed by atoms with Crippen molar-refractivity contribution in [2.24, 2.45) is 0 Å². The highest BCUT2D eigenvalue weighted by atomic mass is 35.5. The molecule has 4 rings (SSSR count). The number of nitrogens with one attached hydrogen (secondary N) is 2. The van der Waals surface area contributed by atoms with E-state index in [1.54, 1.807) is 18.2 Å². The Morgan fingerprint density at radius 2 is 1.97 bits per heavy atom. The molecule has 0 spiro atoms. The van der Waals surface area contributed by atoms with Crippen molar-refractivity contribution in [3.05, 3.63) is 58.5 Å². The summed E-state index contributed by atoms with van der Waals surface area (Å²) < 4.78 is 24.2. The number of nitrogens with zero attached hydrogens (tertiary/aromatic N) is 4. The van der Waals surface area contributed by atoms with Crippen LogP contribution < -0.4 is 10.6 Å². The molecule has 3 N–H and O–H groups in total. The number of hydrogen-bond donors (Lipinski definition) is 3. The Bertz CT molecular complexity index is 1210. The van der Waals surface area contributed by atoms with Gasteiger partial charge in [0.2, 0.25) is 5.95 Å². The number of aromatic nitrogens is 2. The molecule has 0 aliphatic carbocycles. The molecule has 0 radical (unpaired) electrons. The van der Waals surface area contributed by atoms with Gasteiger partial charge in [-0.25, -0.2) is 13.4 Å². The number of rotatable bonds is 5. The lowest BCUT2D eigenvalue weighted by molar-refractivity contribution is 0.0683. The molecule has 1 aromatic heterocycles. The predicted molar refractivity (Wildman–Crippen MR) is 124 cm³/mol. The van der Waals surface area contributed by atoms with Crippen LogP contribution in [0.2, 0.25) is 5.02 Å². The Labute approximate surface area is 192 Å². The van der Waals surface area contributed by atoms with E-state index in [9.17, 15) is 13.5 Å². The zero-order valence-electron chi connectivity index (χ0n) is 18.0. The second-order valence-electron chi connectivity index (χ2n) is 7.95. The quantitative estimate of drug-likeness (QED) is 0.599. The van der Waals surface area contributed by atoms with Crippen LogP contribution in [-0.2, 0) is 9.84 Å². The molecule has 2 aliphatic rings. The van der Waals surface area contributed by atoms with Crippen LogP contribution in [0.4, 0.5) is 17.5 Å². The van der Waals surface area contributed by atoms with Gasteiger partial charge in [0.05, 0.1) is 22.5 Å². The van der Waals surface area contributed by atoms with Gasteiger partial charge >= 0.3 is 0 Å². The normalized spacial score (nSPS) is 19.5. The summed E-state index contributed by atoms with van der Waals surface area (Å²) in [5.74, 6) is 0.470. The maximum absolute atomic E-state index is 12.1. The number of likely N-dealkylation sites (N-methyl/N-ethyl adjacent to an activating group) is 2. The van der Waals surface area contributed by atoms with Gasteiger partial charge in [0.15, 0.2) is 21.9 Å². The minimum absolute atomic E-state index is 0.136. The van der Waals surface area contributed by atoms with Crippen molar-refractivity contribution in [3.8, 4) is 0 Å². The summed E-state index contributed by atoms with van der Waals surface area (Å²) in [4.78, 5) is 12.8. The van der Waals surface area contributed by atoms with Crippen LogP contribution in [0.25, 0.3) is 0 Å². The number of anilines is 3. The molecular formula is C21H25ClN6O3S. The Kier molecular flexibility index (Phi) is 6.13. The molecule has 2 aromatic rings. The SMILES string of the molecule is CN1CCC2=C(C=C(Nc3ncc(Cl)c(Nc4ccccc4S(C)(=O)=O)n3)C(O)N2C)C1. The molecule has 0 amide bonds. The first-order chi connectivity index (χ1) is 15.1. The van der Waals surface area contributed by atoms with Crippen molar-refractivity contribution in [1.82, 2.24) is 19.8 Å². The fourth-order valence-electron chi connectivity index (χ4n) is 3.83. The molecule has 32 heavy (non-hydrogen) atoms. The van der Waals surface area contributed by atoms with E-state index in [2.05, 4.69) is 32.5 Å². The summed E-state index contributed by atoms with van der Waals surface area (Å²) in [5, 5.41) is 17.1. The summed E-state index contributed by atoms with van der Waals surface area (Å²) in [5.41, 5.74) is 3.16. The van der Waals surface area contributed by atoms with Crippen LogP contribution in [0.3, 0.4) is 0 Å². The molecule has 0 saturated carbocycles. The van der Waals surface area contributed by atoms with Gasteiger partial charge in [-0.05, 0) is 30.8 Å². The van der Waals surface area contributed by atoms with Gasteiger partial charge in [-0.2, -0.15) is 4.98 Å². The maximum atomic E-state index is 12.1. The number of benzene rings is 1. The lowest BCUT2D eigenvalue weighted by atomic mass is 10.00. The topological polar surface area (TPSA) is 111 Å². The first-order valence-corrected chi connectivity index (χ1v) is 12.3. The smallest absolute Gasteiger partial charge is 0.229 e. The summed E-state index contributed by atoms with van der Waals surface area (Å²) >= 11 is 6.26. The largest absolute Gasteiger partial charge is 0.368 e. The van der Waals surface area contributed by atoms with Gasteiger partial charge in [0.25, 0.3) is 0 Å². The van der Waals surface area contributed by atoms with Gasteiger partial charge in [-0.1, -0.05) is 23.7 Å². The molecule has 1 atom stereocenters. The van der Waals surface area contributed by atoms with E-state index in [-0.39, 0.29) is 21.7 Å². The number of halogens is 1. The van der Waals surface area contributed by atoms with Crippen molar-refractivity contribution in [2.75, 3.05) is 44.1 Å². The first-order valence-electron chi connectivity index (χ1n) is 10.0. The van der Waals surface area contributed by atoms with Crippen LogP contribution in [0, 0.1) is 0 Å². The number of para-hydroxylation sites is 1. The van der Waals surface area contributed by atoms with E-state index in [0.717, 1.165) is 37.0 Å². The fourth-order valence-corrected chi connectivity index (χ4v) is 4.82. The Balaban J connectivity index is 1.62. The highest BCUT2D eigenvalue weighted by Gasteiger charge is 2.29. The lowest BCUT2D eigenvalue weighted by Gasteiger charge is -2.39. The molecule has 170 valence electrons. The molecule has 2 aliphatic heterocycles. The first kappa shape index (κ1) is 22.5. The summed E-state index contributed by atoms with van der Waals surface area (Å²) in [6.45, 7) is 1.73. The van der Waals surface area contributed by atoms with E-state index in [0.29, 0.717) is 11.4 Å². The zero-order valence-corrected chi connectivity index (χ0v) is 19.6. The van der Waals surface area contributed by atoms with Crippen LogP contribution in [-0.4, -0.2) is 73.0 Å². The number of hydrogen-bond acceptors (Lipinski definition) is 9. The van der Waals surface area contributed by atoms with E-state index in [1.165, 1.54) is 12.3 Å². The Morgan fingerprint density at radius 1 is 1.22 bits per heavy atom. The van der Waals surface area contributed by atoms with Gasteiger partial charge in [-0.15, -0.1) is 0 Å². The molecular weight excluding hydrogens is 452 g/mol. The minimum atomic E-state index is -3.45. The van der Waals surface area contributed by atoms with Gasteiger partial charge < -0.3 is 25.5 Å². The maximum Gasteiger partial charge on any atom is 0.229 e. The highest BCUT2D eigenvalue weighted by molar-refractivity contribution is 7.90. The third-order valence-electron chi connectivity index (χ3n) is 5.48. The van der Waals surface area contributed by atoms with Crippen LogP contribution >= 0.6 is 11.6 Å². The fraction of sp³-hybridized carbons (Fsp3) is 0.333. The molecule has 1 unspecified atom stereocenters. The molecule has 9 nitrogen and oxygen atoms in total. The zero-order chi connectivity index (χ0) is 23.0. The van der Waals surface area contributed by atoms with E-state index in [4.69, 9.17) is 11.6 Å². The van der Waals surface area contributed by atoms with Crippen molar-refractivity contribution < 1.29 is 13.5 Å². The average molecular weight is 477 g/mol.